The highest BCUT2D eigenvalue weighted by molar-refractivity contribution is 5.94. The lowest BCUT2D eigenvalue weighted by atomic mass is 10.2. The minimum atomic E-state index is -0.317. The number of aryl methyl sites for hydroxylation is 2. The van der Waals surface area contributed by atoms with Crippen molar-refractivity contribution in [3.05, 3.63) is 58.6 Å². The number of hydrogen-bond donors (Lipinski definition) is 2. The number of anilines is 1. The van der Waals surface area contributed by atoms with Gasteiger partial charge in [-0.25, -0.2) is 0 Å². The Balaban J connectivity index is 1.65. The topological polar surface area (TPSA) is 76.1 Å². The molecule has 0 spiro atoms. The van der Waals surface area contributed by atoms with Crippen LogP contribution in [0.2, 0.25) is 0 Å². The minimum Gasteiger partial charge on any atom is -0.478 e. The highest BCUT2D eigenvalue weighted by Crippen LogP contribution is 2.17. The highest BCUT2D eigenvalue weighted by atomic mass is 16.5. The number of benzene rings is 1. The summed E-state index contributed by atoms with van der Waals surface area (Å²) in [5.41, 5.74) is 2.28. The van der Waals surface area contributed by atoms with Gasteiger partial charge in [-0.1, -0.05) is 0 Å². The fourth-order valence-corrected chi connectivity index (χ4v) is 2.28. The van der Waals surface area contributed by atoms with Gasteiger partial charge in [0.2, 0.25) is 5.43 Å². The van der Waals surface area contributed by atoms with Gasteiger partial charge in [0.25, 0.3) is 5.91 Å². The normalized spacial score (nSPS) is 10.7. The van der Waals surface area contributed by atoms with Gasteiger partial charge < -0.3 is 19.6 Å². The Morgan fingerprint density at radius 2 is 2.13 bits per heavy atom. The molecule has 0 aliphatic heterocycles. The lowest BCUT2D eigenvalue weighted by Gasteiger charge is -2.09. The van der Waals surface area contributed by atoms with Gasteiger partial charge in [0, 0.05) is 47.8 Å². The number of amides is 1. The average Bonchev–Trinajstić information content (AvgIpc) is 2.97. The smallest absolute Gasteiger partial charge is 0.262 e. The number of ether oxygens (including phenoxy) is 1. The SMILES string of the molecule is Cc1cc(=O)c(OCC(=O)Nc2ccc3[nH]ccc3c2)cn1C. The van der Waals surface area contributed by atoms with E-state index >= 15 is 0 Å². The molecule has 3 aromatic rings. The number of aromatic nitrogens is 2. The van der Waals surface area contributed by atoms with Gasteiger partial charge in [0.05, 0.1) is 0 Å². The van der Waals surface area contributed by atoms with Crippen molar-refractivity contribution in [1.29, 1.82) is 0 Å². The van der Waals surface area contributed by atoms with Gasteiger partial charge in [-0.2, -0.15) is 0 Å². The number of pyridine rings is 1. The molecule has 0 radical (unpaired) electrons. The number of carbonyl (C=O) groups excluding carboxylic acids is 1. The highest BCUT2D eigenvalue weighted by Gasteiger charge is 2.08. The summed E-state index contributed by atoms with van der Waals surface area (Å²) in [6, 6.07) is 8.97. The van der Waals surface area contributed by atoms with Crippen molar-refractivity contribution in [3.8, 4) is 5.75 Å². The van der Waals surface area contributed by atoms with Crippen molar-refractivity contribution >= 4 is 22.5 Å². The lowest BCUT2D eigenvalue weighted by molar-refractivity contribution is -0.118. The molecule has 2 N–H and O–H groups in total. The Morgan fingerprint density at radius 1 is 1.30 bits per heavy atom. The lowest BCUT2D eigenvalue weighted by Crippen LogP contribution is -2.22. The summed E-state index contributed by atoms with van der Waals surface area (Å²) in [6.45, 7) is 1.61. The van der Waals surface area contributed by atoms with Gasteiger partial charge in [0.1, 0.15) is 0 Å². The van der Waals surface area contributed by atoms with Crippen LogP contribution in [0.1, 0.15) is 5.69 Å². The maximum Gasteiger partial charge on any atom is 0.262 e. The van der Waals surface area contributed by atoms with E-state index in [1.807, 2.05) is 44.4 Å². The second-order valence-corrected chi connectivity index (χ2v) is 5.37. The van der Waals surface area contributed by atoms with Crippen LogP contribution in [0, 0.1) is 6.92 Å². The van der Waals surface area contributed by atoms with Crippen LogP contribution in [0.4, 0.5) is 5.69 Å². The molecule has 0 saturated carbocycles. The molecule has 6 nitrogen and oxygen atoms in total. The van der Waals surface area contributed by atoms with Crippen LogP contribution in [0.3, 0.4) is 0 Å². The second kappa shape index (κ2) is 6.00. The first kappa shape index (κ1) is 14.9. The van der Waals surface area contributed by atoms with Gasteiger partial charge in [-0.3, -0.25) is 9.59 Å². The zero-order valence-electron chi connectivity index (χ0n) is 12.9. The third kappa shape index (κ3) is 3.26. The quantitative estimate of drug-likeness (QED) is 0.775. The molecular formula is C17H17N3O3. The van der Waals surface area contributed by atoms with Crippen molar-refractivity contribution in [2.75, 3.05) is 11.9 Å². The first-order valence-corrected chi connectivity index (χ1v) is 7.20. The molecular weight excluding hydrogens is 294 g/mol. The van der Waals surface area contributed by atoms with Crippen LogP contribution >= 0.6 is 0 Å². The number of fused-ring (bicyclic) bond motifs is 1. The fourth-order valence-electron chi connectivity index (χ4n) is 2.28. The molecule has 23 heavy (non-hydrogen) atoms. The summed E-state index contributed by atoms with van der Waals surface area (Å²) >= 11 is 0. The van der Waals surface area contributed by atoms with Crippen LogP contribution in [0.5, 0.6) is 5.75 Å². The van der Waals surface area contributed by atoms with Crippen molar-refractivity contribution in [1.82, 2.24) is 9.55 Å². The summed E-state index contributed by atoms with van der Waals surface area (Å²) in [7, 11) is 1.81. The van der Waals surface area contributed by atoms with Gasteiger partial charge >= 0.3 is 0 Å². The van der Waals surface area contributed by atoms with Gasteiger partial charge in [0.15, 0.2) is 12.4 Å². The Labute approximate surface area is 132 Å². The summed E-state index contributed by atoms with van der Waals surface area (Å²) < 4.78 is 7.10. The number of rotatable bonds is 4. The molecule has 1 amide bonds. The Hall–Kier alpha value is -3.02. The van der Waals surface area contributed by atoms with Gasteiger partial charge in [-0.15, -0.1) is 0 Å². The fraction of sp³-hybridized carbons (Fsp3) is 0.176. The summed E-state index contributed by atoms with van der Waals surface area (Å²) in [6.07, 6.45) is 3.42. The molecule has 118 valence electrons. The Morgan fingerprint density at radius 3 is 2.96 bits per heavy atom. The number of carbonyl (C=O) groups is 1. The predicted molar refractivity (Wildman–Crippen MR) is 88.8 cm³/mol. The third-order valence-electron chi connectivity index (χ3n) is 3.65. The van der Waals surface area contributed by atoms with E-state index in [9.17, 15) is 9.59 Å². The van der Waals surface area contributed by atoms with Crippen LogP contribution in [-0.4, -0.2) is 22.1 Å². The van der Waals surface area contributed by atoms with Crippen LogP contribution in [-0.2, 0) is 11.8 Å². The monoisotopic (exact) mass is 311 g/mol. The molecule has 2 aromatic heterocycles. The largest absolute Gasteiger partial charge is 0.478 e. The number of H-pyrrole nitrogens is 1. The second-order valence-electron chi connectivity index (χ2n) is 5.37. The maximum absolute atomic E-state index is 12.0. The van der Waals surface area contributed by atoms with E-state index in [0.29, 0.717) is 5.69 Å². The molecule has 6 heteroatoms. The average molecular weight is 311 g/mol. The Kier molecular flexibility index (Phi) is 3.89. The van der Waals surface area contributed by atoms with E-state index in [2.05, 4.69) is 10.3 Å². The standard InChI is InChI=1S/C17H17N3O3/c1-11-7-15(21)16(9-20(11)2)23-10-17(22)19-13-3-4-14-12(8-13)5-6-18-14/h3-9,18H,10H2,1-2H3,(H,19,22). The molecule has 1 aromatic carbocycles. The van der Waals surface area contributed by atoms with E-state index in [0.717, 1.165) is 16.6 Å². The Bertz CT molecular complexity index is 924. The summed E-state index contributed by atoms with van der Waals surface area (Å²) in [4.78, 5) is 26.9. The van der Waals surface area contributed by atoms with Gasteiger partial charge in [-0.05, 0) is 31.2 Å². The molecule has 0 aliphatic rings. The predicted octanol–water partition coefficient (Wildman–Crippen LogP) is 2.19. The van der Waals surface area contributed by atoms with Crippen molar-refractivity contribution in [2.24, 2.45) is 7.05 Å². The summed E-state index contributed by atoms with van der Waals surface area (Å²) in [5.74, 6) is -0.156. The molecule has 0 unspecified atom stereocenters. The van der Waals surface area contributed by atoms with E-state index < -0.39 is 0 Å². The zero-order valence-corrected chi connectivity index (χ0v) is 12.9. The molecule has 0 bridgehead atoms. The van der Waals surface area contributed by atoms with Crippen molar-refractivity contribution in [3.63, 3.8) is 0 Å². The molecule has 0 aliphatic carbocycles. The molecule has 0 fully saturated rings. The molecule has 2 heterocycles. The van der Waals surface area contributed by atoms with Crippen LogP contribution < -0.4 is 15.5 Å². The van der Waals surface area contributed by atoms with Crippen molar-refractivity contribution in [2.45, 2.75) is 6.92 Å². The molecule has 0 atom stereocenters. The molecule has 3 rings (SSSR count). The third-order valence-corrected chi connectivity index (χ3v) is 3.65. The summed E-state index contributed by atoms with van der Waals surface area (Å²) in [5, 5.41) is 3.76. The first-order valence-electron chi connectivity index (χ1n) is 7.20. The molecule has 0 saturated heterocycles. The van der Waals surface area contributed by atoms with E-state index in [4.69, 9.17) is 4.74 Å². The van der Waals surface area contributed by atoms with E-state index in [1.165, 1.54) is 6.07 Å². The maximum atomic E-state index is 12.0. The first-order chi connectivity index (χ1) is 11.0. The minimum absolute atomic E-state index is 0.161. The zero-order chi connectivity index (χ0) is 16.4. The van der Waals surface area contributed by atoms with Crippen LogP contribution in [0.15, 0.2) is 47.5 Å². The van der Waals surface area contributed by atoms with Crippen LogP contribution in [0.25, 0.3) is 10.9 Å². The van der Waals surface area contributed by atoms with Crippen molar-refractivity contribution < 1.29 is 9.53 Å². The number of nitrogens with one attached hydrogen (secondary N) is 2. The van der Waals surface area contributed by atoms with E-state index in [1.54, 1.807) is 10.8 Å². The van der Waals surface area contributed by atoms with E-state index in [-0.39, 0.29) is 23.7 Å². The number of nitrogens with zero attached hydrogens (tertiary/aromatic N) is 1. The number of aromatic amines is 1. The number of hydrogen-bond acceptors (Lipinski definition) is 3.